The van der Waals surface area contributed by atoms with Crippen LogP contribution >= 0.6 is 15.9 Å². The molecule has 1 saturated heterocycles. The zero-order chi connectivity index (χ0) is 15.8. The maximum absolute atomic E-state index is 11.8. The number of benzene rings is 1. The molecular formula is C16H20BrNO4. The Bertz CT molecular complexity index is 503. The molecule has 1 heterocycles. The van der Waals surface area contributed by atoms with Crippen LogP contribution in [0.1, 0.15) is 25.7 Å². The fraction of sp³-hybridized carbons (Fsp3) is 0.500. The summed E-state index contributed by atoms with van der Waals surface area (Å²) in [6, 6.07) is 7.43. The maximum atomic E-state index is 11.8. The van der Waals surface area contributed by atoms with Gasteiger partial charge in [0.1, 0.15) is 25.5 Å². The molecule has 0 aromatic heterocycles. The van der Waals surface area contributed by atoms with Crippen LogP contribution in [0.4, 0.5) is 0 Å². The van der Waals surface area contributed by atoms with Gasteiger partial charge in [-0.15, -0.1) is 0 Å². The molecule has 0 saturated carbocycles. The van der Waals surface area contributed by atoms with Crippen LogP contribution in [-0.4, -0.2) is 43.1 Å². The highest BCUT2D eigenvalue weighted by atomic mass is 79.9. The largest absolute Gasteiger partial charge is 0.490 e. The first-order chi connectivity index (χ1) is 10.6. The van der Waals surface area contributed by atoms with Crippen molar-refractivity contribution >= 4 is 27.8 Å². The fourth-order valence-corrected chi connectivity index (χ4v) is 2.52. The molecule has 0 atom stereocenters. The summed E-state index contributed by atoms with van der Waals surface area (Å²) in [5, 5.41) is 0. The molecule has 1 fully saturated rings. The van der Waals surface area contributed by atoms with Crippen LogP contribution in [0, 0.1) is 0 Å². The Morgan fingerprint density at radius 2 is 1.91 bits per heavy atom. The van der Waals surface area contributed by atoms with Crippen molar-refractivity contribution in [1.82, 2.24) is 4.90 Å². The average molecular weight is 370 g/mol. The second kappa shape index (κ2) is 8.78. The molecule has 5 nitrogen and oxygen atoms in total. The first-order valence-corrected chi connectivity index (χ1v) is 8.26. The van der Waals surface area contributed by atoms with E-state index in [4.69, 9.17) is 9.47 Å². The molecule has 0 bridgehead atoms. The second-order valence-electron chi connectivity index (χ2n) is 5.15. The highest BCUT2D eigenvalue weighted by Gasteiger charge is 2.19. The van der Waals surface area contributed by atoms with Crippen molar-refractivity contribution in [3.05, 3.63) is 28.7 Å². The minimum Gasteiger partial charge on any atom is -0.490 e. The molecule has 1 aromatic carbocycles. The minimum atomic E-state index is -0.380. The molecule has 22 heavy (non-hydrogen) atoms. The molecular weight excluding hydrogens is 350 g/mol. The Morgan fingerprint density at radius 1 is 1.14 bits per heavy atom. The topological polar surface area (TPSA) is 55.8 Å². The van der Waals surface area contributed by atoms with E-state index in [1.165, 1.54) is 0 Å². The first kappa shape index (κ1) is 16.8. The number of hydrogen-bond donors (Lipinski definition) is 0. The van der Waals surface area contributed by atoms with E-state index in [9.17, 15) is 9.59 Å². The molecule has 2 rings (SSSR count). The van der Waals surface area contributed by atoms with Crippen LogP contribution < -0.4 is 4.74 Å². The van der Waals surface area contributed by atoms with Crippen molar-refractivity contribution < 1.29 is 19.1 Å². The highest BCUT2D eigenvalue weighted by molar-refractivity contribution is 9.10. The smallest absolute Gasteiger partial charge is 0.325 e. The summed E-state index contributed by atoms with van der Waals surface area (Å²) in [6.45, 7) is 1.15. The van der Waals surface area contributed by atoms with Gasteiger partial charge < -0.3 is 14.4 Å². The zero-order valence-corrected chi connectivity index (χ0v) is 14.0. The summed E-state index contributed by atoms with van der Waals surface area (Å²) in [4.78, 5) is 25.1. The van der Waals surface area contributed by atoms with Crippen molar-refractivity contribution in [2.75, 3.05) is 26.3 Å². The van der Waals surface area contributed by atoms with E-state index in [0.29, 0.717) is 19.6 Å². The molecule has 6 heteroatoms. The summed E-state index contributed by atoms with van der Waals surface area (Å²) in [5.74, 6) is 0.386. The third-order valence-electron chi connectivity index (χ3n) is 3.42. The van der Waals surface area contributed by atoms with Crippen LogP contribution in [0.2, 0.25) is 0 Å². The van der Waals surface area contributed by atoms with Crippen molar-refractivity contribution in [1.29, 1.82) is 0 Å². The number of carbonyl (C=O) groups excluding carboxylic acids is 2. The number of carbonyl (C=O) groups is 2. The number of rotatable bonds is 6. The molecule has 1 aromatic rings. The van der Waals surface area contributed by atoms with Gasteiger partial charge in [-0.1, -0.05) is 22.4 Å². The lowest BCUT2D eigenvalue weighted by molar-refractivity contribution is -0.149. The van der Waals surface area contributed by atoms with Crippen molar-refractivity contribution in [3.8, 4) is 5.75 Å². The van der Waals surface area contributed by atoms with Gasteiger partial charge in [-0.3, -0.25) is 9.59 Å². The Balaban J connectivity index is 1.64. The van der Waals surface area contributed by atoms with Crippen LogP contribution in [0.3, 0.4) is 0 Å². The Labute approximate surface area is 138 Å². The fourth-order valence-electron chi connectivity index (χ4n) is 2.25. The van der Waals surface area contributed by atoms with E-state index >= 15 is 0 Å². The van der Waals surface area contributed by atoms with E-state index in [2.05, 4.69) is 15.9 Å². The van der Waals surface area contributed by atoms with Crippen molar-refractivity contribution in [3.63, 3.8) is 0 Å². The minimum absolute atomic E-state index is 0.0388. The molecule has 1 aliphatic rings. The van der Waals surface area contributed by atoms with Crippen LogP contribution in [0.15, 0.2) is 28.7 Å². The number of amides is 1. The monoisotopic (exact) mass is 369 g/mol. The lowest BCUT2D eigenvalue weighted by Crippen LogP contribution is -2.36. The second-order valence-corrected chi connectivity index (χ2v) is 6.06. The van der Waals surface area contributed by atoms with Crippen molar-refractivity contribution in [2.45, 2.75) is 25.7 Å². The van der Waals surface area contributed by atoms with Gasteiger partial charge >= 0.3 is 5.97 Å². The van der Waals surface area contributed by atoms with E-state index in [-0.39, 0.29) is 25.0 Å². The third-order valence-corrected chi connectivity index (χ3v) is 3.95. The Hall–Kier alpha value is -1.56. The van der Waals surface area contributed by atoms with Crippen LogP contribution in [0.25, 0.3) is 0 Å². The summed E-state index contributed by atoms with van der Waals surface area (Å²) < 4.78 is 11.6. The number of hydrogen-bond acceptors (Lipinski definition) is 4. The SMILES string of the molecule is O=C(CN1CCCCCC1=O)OCCOc1ccc(Br)cc1. The van der Waals surface area contributed by atoms with Crippen LogP contribution in [0.5, 0.6) is 5.75 Å². The maximum Gasteiger partial charge on any atom is 0.325 e. The summed E-state index contributed by atoms with van der Waals surface area (Å²) in [6.07, 6.45) is 3.43. The van der Waals surface area contributed by atoms with Gasteiger partial charge in [0.25, 0.3) is 0 Å². The van der Waals surface area contributed by atoms with E-state index in [1.807, 2.05) is 24.3 Å². The number of nitrogens with zero attached hydrogens (tertiary/aromatic N) is 1. The molecule has 120 valence electrons. The standard InChI is InChI=1S/C16H20BrNO4/c17-13-5-7-14(8-6-13)21-10-11-22-16(20)12-18-9-3-1-2-4-15(18)19/h5-8H,1-4,9-12H2. The number of ether oxygens (including phenoxy) is 2. The van der Waals surface area contributed by atoms with Gasteiger partial charge in [-0.2, -0.15) is 0 Å². The highest BCUT2D eigenvalue weighted by Crippen LogP contribution is 2.16. The predicted molar refractivity (Wildman–Crippen MR) is 85.6 cm³/mol. The lowest BCUT2D eigenvalue weighted by Gasteiger charge is -2.19. The molecule has 0 N–H and O–H groups in total. The van der Waals surface area contributed by atoms with E-state index in [0.717, 1.165) is 29.5 Å². The Kier molecular flexibility index (Phi) is 6.71. The summed E-state index contributed by atoms with van der Waals surface area (Å²) in [7, 11) is 0. The normalized spacial score (nSPS) is 15.3. The third kappa shape index (κ3) is 5.67. The van der Waals surface area contributed by atoms with Gasteiger partial charge in [-0.25, -0.2) is 0 Å². The first-order valence-electron chi connectivity index (χ1n) is 7.47. The quantitative estimate of drug-likeness (QED) is 0.571. The molecule has 0 spiro atoms. The molecule has 0 radical (unpaired) electrons. The van der Waals surface area contributed by atoms with Gasteiger partial charge in [0.15, 0.2) is 0 Å². The summed E-state index contributed by atoms with van der Waals surface area (Å²) in [5.41, 5.74) is 0. The molecule has 0 unspecified atom stereocenters. The zero-order valence-electron chi connectivity index (χ0n) is 12.4. The molecule has 1 aliphatic heterocycles. The summed E-state index contributed by atoms with van der Waals surface area (Å²) >= 11 is 3.35. The van der Waals surface area contributed by atoms with Crippen molar-refractivity contribution in [2.24, 2.45) is 0 Å². The van der Waals surface area contributed by atoms with Gasteiger partial charge in [0.05, 0.1) is 0 Å². The van der Waals surface area contributed by atoms with Gasteiger partial charge in [0, 0.05) is 17.4 Å². The molecule has 0 aliphatic carbocycles. The number of esters is 1. The lowest BCUT2D eigenvalue weighted by atomic mass is 10.2. The number of likely N-dealkylation sites (tertiary alicyclic amines) is 1. The average Bonchev–Trinajstić information content (AvgIpc) is 2.71. The van der Waals surface area contributed by atoms with Crippen LogP contribution in [-0.2, 0) is 14.3 Å². The van der Waals surface area contributed by atoms with Gasteiger partial charge in [0.2, 0.25) is 5.91 Å². The molecule has 1 amide bonds. The van der Waals surface area contributed by atoms with E-state index < -0.39 is 0 Å². The number of halogens is 1. The van der Waals surface area contributed by atoms with Gasteiger partial charge in [-0.05, 0) is 37.1 Å². The predicted octanol–water partition coefficient (Wildman–Crippen LogP) is 2.77. The van der Waals surface area contributed by atoms with E-state index in [1.54, 1.807) is 4.90 Å². The Morgan fingerprint density at radius 3 is 2.68 bits per heavy atom.